The average molecular weight is 372 g/mol. The van der Waals surface area contributed by atoms with Crippen molar-refractivity contribution in [2.45, 2.75) is 4.90 Å². The molecule has 0 saturated heterocycles. The lowest BCUT2D eigenvalue weighted by Gasteiger charge is -2.11. The second kappa shape index (κ2) is 5.92. The van der Waals surface area contributed by atoms with Crippen LogP contribution >= 0.6 is 15.9 Å². The molecule has 0 aromatic heterocycles. The summed E-state index contributed by atoms with van der Waals surface area (Å²) in [4.78, 5) is -0.0973. The fraction of sp³-hybridized carbons (Fsp3) is 0.0769. The molecule has 21 heavy (non-hydrogen) atoms. The van der Waals surface area contributed by atoms with E-state index in [0.29, 0.717) is 11.4 Å². The zero-order chi connectivity index (χ0) is 15.6. The molecule has 0 atom stereocenters. The number of nitrogens with one attached hydrogen (secondary N) is 1. The molecule has 2 aromatic carbocycles. The van der Waals surface area contributed by atoms with Crippen LogP contribution in [0.15, 0.2) is 45.8 Å². The van der Waals surface area contributed by atoms with E-state index in [9.17, 15) is 8.42 Å². The van der Waals surface area contributed by atoms with E-state index in [4.69, 9.17) is 15.6 Å². The molecule has 0 radical (unpaired) electrons. The van der Waals surface area contributed by atoms with Gasteiger partial charge in [-0.2, -0.15) is 0 Å². The first-order valence-electron chi connectivity index (χ1n) is 5.83. The Balaban J connectivity index is 2.33. The van der Waals surface area contributed by atoms with Crippen LogP contribution in [0.1, 0.15) is 0 Å². The maximum atomic E-state index is 11.3. The maximum absolute atomic E-state index is 11.3. The third-order valence-corrected chi connectivity index (χ3v) is 4.15. The minimum Gasteiger partial charge on any atom is -0.497 e. The summed E-state index contributed by atoms with van der Waals surface area (Å²) >= 11 is 3.38. The number of halogens is 1. The number of benzene rings is 2. The van der Waals surface area contributed by atoms with Crippen LogP contribution in [-0.2, 0) is 10.0 Å². The average Bonchev–Trinajstić information content (AvgIpc) is 2.36. The monoisotopic (exact) mass is 371 g/mol. The predicted molar refractivity (Wildman–Crippen MR) is 86.2 cm³/mol. The van der Waals surface area contributed by atoms with Gasteiger partial charge in [-0.15, -0.1) is 0 Å². The fourth-order valence-electron chi connectivity index (χ4n) is 1.80. The smallest absolute Gasteiger partial charge is 0.240 e. The molecule has 0 spiro atoms. The molecule has 2 aromatic rings. The minimum atomic E-state index is -3.82. The van der Waals surface area contributed by atoms with E-state index in [1.807, 2.05) is 12.1 Å². The van der Waals surface area contributed by atoms with Crippen molar-refractivity contribution in [1.29, 1.82) is 0 Å². The van der Waals surface area contributed by atoms with Crippen LogP contribution in [0.4, 0.5) is 17.1 Å². The lowest BCUT2D eigenvalue weighted by molar-refractivity contribution is 0.415. The van der Waals surface area contributed by atoms with Crippen LogP contribution in [0.2, 0.25) is 0 Å². The molecule has 0 amide bonds. The number of methoxy groups -OCH3 is 1. The summed E-state index contributed by atoms with van der Waals surface area (Å²) in [5, 5.41) is 8.18. The quantitative estimate of drug-likeness (QED) is 0.715. The molecule has 6 nitrogen and oxygen atoms in total. The molecule has 0 aliphatic heterocycles. The highest BCUT2D eigenvalue weighted by Crippen LogP contribution is 2.28. The number of ether oxygens (including phenoxy) is 1. The summed E-state index contributed by atoms with van der Waals surface area (Å²) in [5.74, 6) is 0.681. The number of nitrogens with two attached hydrogens (primary N) is 2. The number of anilines is 3. The van der Waals surface area contributed by atoms with Crippen LogP contribution in [0.5, 0.6) is 5.75 Å². The molecule has 0 aliphatic rings. The highest BCUT2D eigenvalue weighted by Gasteiger charge is 2.12. The third kappa shape index (κ3) is 3.87. The molecule has 0 aliphatic carbocycles. The number of sulfonamides is 1. The molecule has 2 rings (SSSR count). The zero-order valence-electron chi connectivity index (χ0n) is 11.1. The molecular formula is C13H14BrN3O3S. The molecule has 112 valence electrons. The van der Waals surface area contributed by atoms with Crippen molar-refractivity contribution in [3.05, 3.63) is 40.9 Å². The number of nitrogen functional groups attached to an aromatic ring is 1. The highest BCUT2D eigenvalue weighted by atomic mass is 79.9. The Kier molecular flexibility index (Phi) is 4.40. The van der Waals surface area contributed by atoms with Gasteiger partial charge in [0.25, 0.3) is 0 Å². The summed E-state index contributed by atoms with van der Waals surface area (Å²) in [6.45, 7) is 0. The van der Waals surface area contributed by atoms with Gasteiger partial charge in [-0.3, -0.25) is 0 Å². The second-order valence-corrected chi connectivity index (χ2v) is 6.75. The van der Waals surface area contributed by atoms with Gasteiger partial charge in [-0.1, -0.05) is 15.9 Å². The Morgan fingerprint density at radius 2 is 1.86 bits per heavy atom. The van der Waals surface area contributed by atoms with Gasteiger partial charge in [0.2, 0.25) is 10.0 Å². The van der Waals surface area contributed by atoms with E-state index in [-0.39, 0.29) is 10.6 Å². The Labute approximate surface area is 131 Å². The molecular weight excluding hydrogens is 358 g/mol. The van der Waals surface area contributed by atoms with Crippen molar-refractivity contribution < 1.29 is 13.2 Å². The Morgan fingerprint density at radius 3 is 2.43 bits per heavy atom. The van der Waals surface area contributed by atoms with Crippen molar-refractivity contribution in [2.24, 2.45) is 5.14 Å². The zero-order valence-corrected chi connectivity index (χ0v) is 13.5. The number of rotatable bonds is 4. The number of hydrogen-bond acceptors (Lipinski definition) is 5. The van der Waals surface area contributed by atoms with Crippen molar-refractivity contribution in [3.63, 3.8) is 0 Å². The first-order valence-corrected chi connectivity index (χ1v) is 8.17. The lowest BCUT2D eigenvalue weighted by Crippen LogP contribution is -2.14. The first-order chi connectivity index (χ1) is 9.79. The molecule has 0 saturated carbocycles. The molecule has 8 heteroatoms. The number of hydrogen-bond donors (Lipinski definition) is 3. The minimum absolute atomic E-state index is 0.0875. The molecule has 0 bridgehead atoms. The summed E-state index contributed by atoms with van der Waals surface area (Å²) < 4.78 is 28.6. The number of primary sulfonamides is 1. The van der Waals surface area contributed by atoms with Crippen molar-refractivity contribution in [2.75, 3.05) is 18.2 Å². The van der Waals surface area contributed by atoms with Crippen LogP contribution in [-0.4, -0.2) is 15.5 Å². The van der Waals surface area contributed by atoms with Gasteiger partial charge in [-0.05, 0) is 30.3 Å². The topological polar surface area (TPSA) is 107 Å². The van der Waals surface area contributed by atoms with E-state index in [2.05, 4.69) is 21.2 Å². The molecule has 0 heterocycles. The van der Waals surface area contributed by atoms with Crippen molar-refractivity contribution in [1.82, 2.24) is 0 Å². The van der Waals surface area contributed by atoms with Crippen LogP contribution in [0, 0.1) is 0 Å². The van der Waals surface area contributed by atoms with Gasteiger partial charge in [0, 0.05) is 21.9 Å². The van der Waals surface area contributed by atoms with E-state index in [1.165, 1.54) is 12.1 Å². The van der Waals surface area contributed by atoms with E-state index >= 15 is 0 Å². The summed E-state index contributed by atoms with van der Waals surface area (Å²) in [7, 11) is -2.25. The van der Waals surface area contributed by atoms with Gasteiger partial charge in [0.1, 0.15) is 10.6 Å². The second-order valence-electron chi connectivity index (χ2n) is 4.30. The van der Waals surface area contributed by atoms with Crippen LogP contribution in [0.25, 0.3) is 0 Å². The Bertz CT molecular complexity index is 778. The van der Waals surface area contributed by atoms with E-state index in [0.717, 1.165) is 10.2 Å². The van der Waals surface area contributed by atoms with Crippen molar-refractivity contribution >= 4 is 43.0 Å². The molecule has 0 unspecified atom stereocenters. The van der Waals surface area contributed by atoms with Gasteiger partial charge in [0.05, 0.1) is 12.8 Å². The summed E-state index contributed by atoms with van der Waals surface area (Å²) in [5.41, 5.74) is 7.21. The van der Waals surface area contributed by atoms with Crippen LogP contribution in [0.3, 0.4) is 0 Å². The summed E-state index contributed by atoms with van der Waals surface area (Å²) in [6.07, 6.45) is 0. The third-order valence-electron chi connectivity index (χ3n) is 2.71. The molecule has 5 N–H and O–H groups in total. The first kappa shape index (κ1) is 15.6. The highest BCUT2D eigenvalue weighted by molar-refractivity contribution is 9.10. The van der Waals surface area contributed by atoms with E-state index < -0.39 is 10.0 Å². The standard InChI is InChI=1S/C13H14BrN3O3S/c1-20-11-5-8(14)4-10(6-11)17-9-2-3-13(12(15)7-9)21(16,18)19/h2-7,17H,15H2,1H3,(H2,16,18,19). The van der Waals surface area contributed by atoms with Gasteiger partial charge >= 0.3 is 0 Å². The Morgan fingerprint density at radius 1 is 1.14 bits per heavy atom. The lowest BCUT2D eigenvalue weighted by atomic mass is 10.2. The summed E-state index contributed by atoms with van der Waals surface area (Å²) in [6, 6.07) is 9.93. The Hall–Kier alpha value is -1.77. The van der Waals surface area contributed by atoms with Gasteiger partial charge < -0.3 is 15.8 Å². The largest absolute Gasteiger partial charge is 0.497 e. The van der Waals surface area contributed by atoms with E-state index in [1.54, 1.807) is 19.2 Å². The van der Waals surface area contributed by atoms with Crippen molar-refractivity contribution in [3.8, 4) is 5.75 Å². The SMILES string of the molecule is COc1cc(Br)cc(Nc2ccc(S(N)(=O)=O)c(N)c2)c1. The maximum Gasteiger partial charge on any atom is 0.240 e. The normalized spacial score (nSPS) is 11.2. The molecule has 0 fully saturated rings. The van der Waals surface area contributed by atoms with Crippen LogP contribution < -0.4 is 20.9 Å². The predicted octanol–water partition coefficient (Wildman–Crippen LogP) is 2.43. The van der Waals surface area contributed by atoms with Gasteiger partial charge in [0.15, 0.2) is 0 Å². The fourth-order valence-corrected chi connectivity index (χ4v) is 2.92. The van der Waals surface area contributed by atoms with Gasteiger partial charge in [-0.25, -0.2) is 13.6 Å².